The maximum absolute atomic E-state index is 12.3. The maximum atomic E-state index is 12.3. The maximum Gasteiger partial charge on any atom is 0.248 e. The highest BCUT2D eigenvalue weighted by Gasteiger charge is 2.14. The van der Waals surface area contributed by atoms with Gasteiger partial charge in [-0.1, -0.05) is 30.3 Å². The molecule has 2 amide bonds. The monoisotopic (exact) mass is 325 g/mol. The summed E-state index contributed by atoms with van der Waals surface area (Å²) < 4.78 is 0. The Bertz CT molecular complexity index is 682. The summed E-state index contributed by atoms with van der Waals surface area (Å²) in [4.78, 5) is 25.4. The van der Waals surface area contributed by atoms with Crippen molar-refractivity contribution < 1.29 is 9.59 Å². The van der Waals surface area contributed by atoms with Crippen LogP contribution in [0.3, 0.4) is 0 Å². The molecule has 0 aromatic heterocycles. The molecule has 5 heteroatoms. The molecule has 3 N–H and O–H groups in total. The lowest BCUT2D eigenvalue weighted by atomic mass is 10.2. The van der Waals surface area contributed by atoms with Crippen molar-refractivity contribution in [3.63, 3.8) is 0 Å². The fourth-order valence-electron chi connectivity index (χ4n) is 2.34. The van der Waals surface area contributed by atoms with E-state index in [9.17, 15) is 9.59 Å². The number of rotatable bonds is 7. The van der Waals surface area contributed by atoms with Crippen molar-refractivity contribution in [1.82, 2.24) is 4.90 Å². The zero-order chi connectivity index (χ0) is 17.5. The van der Waals surface area contributed by atoms with E-state index in [1.807, 2.05) is 18.2 Å². The van der Waals surface area contributed by atoms with Gasteiger partial charge in [0.05, 0.1) is 6.54 Å². The summed E-state index contributed by atoms with van der Waals surface area (Å²) in [5.74, 6) is -0.576. The predicted octanol–water partition coefficient (Wildman–Crippen LogP) is 2.63. The van der Waals surface area contributed by atoms with Crippen molar-refractivity contribution >= 4 is 17.5 Å². The van der Waals surface area contributed by atoms with Gasteiger partial charge in [-0.15, -0.1) is 0 Å². The molecule has 0 saturated carbocycles. The number of nitrogens with zero attached hydrogens (tertiary/aromatic N) is 1. The van der Waals surface area contributed by atoms with E-state index in [0.717, 1.165) is 0 Å². The SMILES string of the molecule is CC(C)N(CC(=O)Nc1ccc(C(N)=O)cc1)Cc1ccccc1. The summed E-state index contributed by atoms with van der Waals surface area (Å²) in [5, 5.41) is 2.85. The number of hydrogen-bond donors (Lipinski definition) is 2. The van der Waals surface area contributed by atoms with Gasteiger partial charge >= 0.3 is 0 Å². The summed E-state index contributed by atoms with van der Waals surface area (Å²) >= 11 is 0. The molecular formula is C19H23N3O2. The number of nitrogens with two attached hydrogens (primary N) is 1. The van der Waals surface area contributed by atoms with Gasteiger partial charge in [0.15, 0.2) is 0 Å². The molecule has 0 aliphatic rings. The minimum atomic E-state index is -0.485. The van der Waals surface area contributed by atoms with Crippen molar-refractivity contribution in [1.29, 1.82) is 0 Å². The molecule has 0 saturated heterocycles. The average Bonchev–Trinajstić information content (AvgIpc) is 2.55. The number of primary amides is 1. The first kappa shape index (κ1) is 17.7. The third kappa shape index (κ3) is 5.21. The second-order valence-corrected chi connectivity index (χ2v) is 5.97. The van der Waals surface area contributed by atoms with Crippen LogP contribution in [-0.4, -0.2) is 29.3 Å². The standard InChI is InChI=1S/C19H23N3O2/c1-14(2)22(12-15-6-4-3-5-7-15)13-18(23)21-17-10-8-16(9-11-17)19(20)24/h3-11,14H,12-13H2,1-2H3,(H2,20,24)(H,21,23). The molecule has 0 aliphatic carbocycles. The highest BCUT2D eigenvalue weighted by molar-refractivity contribution is 5.95. The Morgan fingerprint density at radius 3 is 2.21 bits per heavy atom. The van der Waals surface area contributed by atoms with E-state index >= 15 is 0 Å². The van der Waals surface area contributed by atoms with Gasteiger partial charge in [0, 0.05) is 23.8 Å². The van der Waals surface area contributed by atoms with Crippen LogP contribution in [0.2, 0.25) is 0 Å². The van der Waals surface area contributed by atoms with Crippen molar-refractivity contribution in [3.8, 4) is 0 Å². The third-order valence-corrected chi connectivity index (χ3v) is 3.76. The van der Waals surface area contributed by atoms with Crippen LogP contribution in [0.15, 0.2) is 54.6 Å². The molecule has 24 heavy (non-hydrogen) atoms. The van der Waals surface area contributed by atoms with Crippen LogP contribution in [0.1, 0.15) is 29.8 Å². The highest BCUT2D eigenvalue weighted by Crippen LogP contribution is 2.11. The quantitative estimate of drug-likeness (QED) is 0.822. The Morgan fingerprint density at radius 1 is 1.04 bits per heavy atom. The molecule has 0 fully saturated rings. The van der Waals surface area contributed by atoms with Crippen LogP contribution in [0.4, 0.5) is 5.69 Å². The van der Waals surface area contributed by atoms with Crippen molar-refractivity contribution in [3.05, 3.63) is 65.7 Å². The number of nitrogens with one attached hydrogen (secondary N) is 1. The Balaban J connectivity index is 1.96. The topological polar surface area (TPSA) is 75.4 Å². The van der Waals surface area contributed by atoms with Crippen molar-refractivity contribution in [2.75, 3.05) is 11.9 Å². The van der Waals surface area contributed by atoms with E-state index in [-0.39, 0.29) is 11.9 Å². The third-order valence-electron chi connectivity index (χ3n) is 3.76. The number of hydrogen-bond acceptors (Lipinski definition) is 3. The van der Waals surface area contributed by atoms with Crippen molar-refractivity contribution in [2.45, 2.75) is 26.4 Å². The normalized spacial score (nSPS) is 10.8. The lowest BCUT2D eigenvalue weighted by Crippen LogP contribution is -2.37. The second kappa shape index (κ2) is 8.26. The van der Waals surface area contributed by atoms with Crippen LogP contribution in [0.5, 0.6) is 0 Å². The van der Waals surface area contributed by atoms with Gasteiger partial charge in [-0.2, -0.15) is 0 Å². The Hall–Kier alpha value is -2.66. The van der Waals surface area contributed by atoms with E-state index in [1.54, 1.807) is 24.3 Å². The molecule has 0 heterocycles. The molecule has 2 aromatic carbocycles. The van der Waals surface area contributed by atoms with Crippen LogP contribution < -0.4 is 11.1 Å². The van der Waals surface area contributed by atoms with Gasteiger partial charge in [-0.3, -0.25) is 14.5 Å². The lowest BCUT2D eigenvalue weighted by molar-refractivity contribution is -0.117. The molecule has 0 unspecified atom stereocenters. The predicted molar refractivity (Wildman–Crippen MR) is 95.6 cm³/mol. The smallest absolute Gasteiger partial charge is 0.248 e. The Morgan fingerprint density at radius 2 is 1.67 bits per heavy atom. The van der Waals surface area contributed by atoms with E-state index in [1.165, 1.54) is 5.56 Å². The largest absolute Gasteiger partial charge is 0.366 e. The van der Waals surface area contributed by atoms with Gasteiger partial charge < -0.3 is 11.1 Å². The minimum absolute atomic E-state index is 0.0912. The first-order valence-electron chi connectivity index (χ1n) is 7.93. The minimum Gasteiger partial charge on any atom is -0.366 e. The summed E-state index contributed by atoms with van der Waals surface area (Å²) in [7, 11) is 0. The van der Waals surface area contributed by atoms with Crippen LogP contribution in [0, 0.1) is 0 Å². The van der Waals surface area contributed by atoms with Gasteiger partial charge in [0.2, 0.25) is 11.8 Å². The van der Waals surface area contributed by atoms with Crippen LogP contribution in [-0.2, 0) is 11.3 Å². The van der Waals surface area contributed by atoms with Gasteiger partial charge in [0.1, 0.15) is 0 Å². The molecule has 0 bridgehead atoms. The number of anilines is 1. The molecule has 2 rings (SSSR count). The Labute approximate surface area is 142 Å². The summed E-state index contributed by atoms with van der Waals surface area (Å²) in [5.41, 5.74) is 7.44. The van der Waals surface area contributed by atoms with Gasteiger partial charge in [0.25, 0.3) is 0 Å². The average molecular weight is 325 g/mol. The molecule has 0 atom stereocenters. The zero-order valence-corrected chi connectivity index (χ0v) is 14.0. The summed E-state index contributed by atoms with van der Waals surface area (Å²) in [6, 6.07) is 16.9. The highest BCUT2D eigenvalue weighted by atomic mass is 16.2. The van der Waals surface area contributed by atoms with Crippen LogP contribution >= 0.6 is 0 Å². The van der Waals surface area contributed by atoms with Crippen LogP contribution in [0.25, 0.3) is 0 Å². The molecule has 5 nitrogen and oxygen atoms in total. The number of carbonyl (C=O) groups excluding carboxylic acids is 2. The van der Waals surface area contributed by atoms with E-state index < -0.39 is 5.91 Å². The molecule has 0 radical (unpaired) electrons. The van der Waals surface area contributed by atoms with E-state index in [0.29, 0.717) is 24.3 Å². The Kier molecular flexibility index (Phi) is 6.09. The first-order valence-corrected chi connectivity index (χ1v) is 7.93. The van der Waals surface area contributed by atoms with Crippen molar-refractivity contribution in [2.24, 2.45) is 5.73 Å². The molecule has 126 valence electrons. The molecule has 0 aliphatic heterocycles. The lowest BCUT2D eigenvalue weighted by Gasteiger charge is -2.26. The van der Waals surface area contributed by atoms with Gasteiger partial charge in [-0.25, -0.2) is 0 Å². The second-order valence-electron chi connectivity index (χ2n) is 5.97. The fourth-order valence-corrected chi connectivity index (χ4v) is 2.34. The zero-order valence-electron chi connectivity index (χ0n) is 14.0. The number of benzene rings is 2. The molecule has 0 spiro atoms. The van der Waals surface area contributed by atoms with Gasteiger partial charge in [-0.05, 0) is 43.7 Å². The summed E-state index contributed by atoms with van der Waals surface area (Å²) in [6.07, 6.45) is 0. The molecule has 2 aromatic rings. The fraction of sp³-hybridized carbons (Fsp3) is 0.263. The first-order chi connectivity index (χ1) is 11.5. The molecular weight excluding hydrogens is 302 g/mol. The van der Waals surface area contributed by atoms with E-state index in [4.69, 9.17) is 5.73 Å². The van der Waals surface area contributed by atoms with E-state index in [2.05, 4.69) is 36.2 Å². The number of amides is 2. The number of carbonyl (C=O) groups is 2. The summed E-state index contributed by atoms with van der Waals surface area (Å²) in [6.45, 7) is 5.15.